The lowest BCUT2D eigenvalue weighted by molar-refractivity contribution is 0.454. The summed E-state index contributed by atoms with van der Waals surface area (Å²) in [5, 5.41) is 3.14. The largest absolute Gasteiger partial charge is 0.439 e. The number of halogens is 1. The standard InChI is InChI=1S/C15H18FN3O/c1-3-6-13-18-14(17-4-2)10-15(19-13)20-12-8-5-7-11(16)9-12/h5,7-10H,3-4,6H2,1-2H3,(H,17,18,19). The molecule has 2 aromatic rings. The molecule has 0 radical (unpaired) electrons. The van der Waals surface area contributed by atoms with Crippen molar-refractivity contribution in [1.82, 2.24) is 9.97 Å². The van der Waals surface area contributed by atoms with Gasteiger partial charge in [-0.15, -0.1) is 0 Å². The molecule has 1 aromatic carbocycles. The van der Waals surface area contributed by atoms with Crippen molar-refractivity contribution in [1.29, 1.82) is 0 Å². The van der Waals surface area contributed by atoms with Crippen LogP contribution in [0.1, 0.15) is 26.1 Å². The summed E-state index contributed by atoms with van der Waals surface area (Å²) in [6, 6.07) is 7.71. The zero-order valence-electron chi connectivity index (χ0n) is 11.7. The molecule has 1 aromatic heterocycles. The van der Waals surface area contributed by atoms with Gasteiger partial charge in [-0.25, -0.2) is 9.37 Å². The van der Waals surface area contributed by atoms with Crippen molar-refractivity contribution in [2.45, 2.75) is 26.7 Å². The predicted molar refractivity (Wildman–Crippen MR) is 76.7 cm³/mol. The number of hydrogen-bond acceptors (Lipinski definition) is 4. The summed E-state index contributed by atoms with van der Waals surface area (Å²) in [4.78, 5) is 8.73. The number of rotatable bonds is 6. The number of nitrogens with zero attached hydrogens (tertiary/aromatic N) is 2. The molecule has 1 N–H and O–H groups in total. The number of anilines is 1. The molecular weight excluding hydrogens is 257 g/mol. The molecule has 0 spiro atoms. The molecule has 0 saturated heterocycles. The summed E-state index contributed by atoms with van der Waals surface area (Å²) < 4.78 is 18.7. The quantitative estimate of drug-likeness (QED) is 0.871. The third-order valence-electron chi connectivity index (χ3n) is 2.60. The van der Waals surface area contributed by atoms with Gasteiger partial charge in [0, 0.05) is 25.1 Å². The summed E-state index contributed by atoms with van der Waals surface area (Å²) in [5.41, 5.74) is 0. The van der Waals surface area contributed by atoms with Gasteiger partial charge < -0.3 is 10.1 Å². The van der Waals surface area contributed by atoms with Crippen LogP contribution in [0.2, 0.25) is 0 Å². The second-order valence-electron chi connectivity index (χ2n) is 4.35. The van der Waals surface area contributed by atoms with E-state index in [1.54, 1.807) is 18.2 Å². The minimum atomic E-state index is -0.336. The Bertz CT molecular complexity index is 551. The average molecular weight is 275 g/mol. The van der Waals surface area contributed by atoms with Gasteiger partial charge in [-0.05, 0) is 25.5 Å². The maximum Gasteiger partial charge on any atom is 0.224 e. The highest BCUT2D eigenvalue weighted by Crippen LogP contribution is 2.22. The fourth-order valence-corrected chi connectivity index (χ4v) is 1.78. The van der Waals surface area contributed by atoms with Crippen molar-refractivity contribution in [2.24, 2.45) is 0 Å². The Kier molecular flexibility index (Phi) is 4.87. The van der Waals surface area contributed by atoms with Crippen molar-refractivity contribution >= 4 is 5.82 Å². The van der Waals surface area contributed by atoms with Crippen LogP contribution >= 0.6 is 0 Å². The normalized spacial score (nSPS) is 10.3. The highest BCUT2D eigenvalue weighted by Gasteiger charge is 2.06. The Morgan fingerprint density at radius 2 is 2.05 bits per heavy atom. The monoisotopic (exact) mass is 275 g/mol. The van der Waals surface area contributed by atoms with E-state index in [2.05, 4.69) is 22.2 Å². The molecule has 20 heavy (non-hydrogen) atoms. The van der Waals surface area contributed by atoms with Crippen molar-refractivity contribution in [3.63, 3.8) is 0 Å². The Hall–Kier alpha value is -2.17. The molecule has 0 fully saturated rings. The lowest BCUT2D eigenvalue weighted by Gasteiger charge is -2.09. The van der Waals surface area contributed by atoms with Crippen LogP contribution in [0.3, 0.4) is 0 Å². The van der Waals surface area contributed by atoms with Gasteiger partial charge in [0.25, 0.3) is 0 Å². The molecule has 2 rings (SSSR count). The number of aryl methyl sites for hydroxylation is 1. The van der Waals surface area contributed by atoms with Crippen molar-refractivity contribution in [3.8, 4) is 11.6 Å². The zero-order chi connectivity index (χ0) is 14.4. The van der Waals surface area contributed by atoms with E-state index in [1.807, 2.05) is 6.92 Å². The number of nitrogens with one attached hydrogen (secondary N) is 1. The maximum atomic E-state index is 13.1. The Morgan fingerprint density at radius 1 is 1.20 bits per heavy atom. The zero-order valence-corrected chi connectivity index (χ0v) is 11.7. The van der Waals surface area contributed by atoms with Crippen LogP contribution in [0, 0.1) is 5.82 Å². The van der Waals surface area contributed by atoms with Crippen LogP contribution < -0.4 is 10.1 Å². The molecule has 0 aliphatic heterocycles. The van der Waals surface area contributed by atoms with Crippen LogP contribution in [-0.4, -0.2) is 16.5 Å². The minimum Gasteiger partial charge on any atom is -0.439 e. The molecule has 106 valence electrons. The van der Waals surface area contributed by atoms with E-state index < -0.39 is 0 Å². The molecule has 0 bridgehead atoms. The third-order valence-corrected chi connectivity index (χ3v) is 2.60. The topological polar surface area (TPSA) is 47.0 Å². The molecule has 0 aliphatic rings. The van der Waals surface area contributed by atoms with Gasteiger partial charge >= 0.3 is 0 Å². The molecule has 1 heterocycles. The van der Waals surface area contributed by atoms with Gasteiger partial charge in [0.1, 0.15) is 23.2 Å². The highest BCUT2D eigenvalue weighted by molar-refractivity contribution is 5.40. The van der Waals surface area contributed by atoms with Gasteiger partial charge in [0.05, 0.1) is 0 Å². The molecule has 0 unspecified atom stereocenters. The molecular formula is C15H18FN3O. The second-order valence-corrected chi connectivity index (χ2v) is 4.35. The van der Waals surface area contributed by atoms with E-state index in [-0.39, 0.29) is 5.82 Å². The molecule has 0 atom stereocenters. The van der Waals surface area contributed by atoms with Gasteiger partial charge in [-0.2, -0.15) is 4.98 Å². The molecule has 4 nitrogen and oxygen atoms in total. The fraction of sp³-hybridized carbons (Fsp3) is 0.333. The predicted octanol–water partition coefficient (Wildman–Crippen LogP) is 3.79. The SMILES string of the molecule is CCCc1nc(NCC)cc(Oc2cccc(F)c2)n1. The van der Waals surface area contributed by atoms with Crippen molar-refractivity contribution in [2.75, 3.05) is 11.9 Å². The van der Waals surface area contributed by atoms with Crippen LogP contribution in [0.25, 0.3) is 0 Å². The molecule has 0 saturated carbocycles. The Balaban J connectivity index is 2.25. The molecule has 0 aliphatic carbocycles. The van der Waals surface area contributed by atoms with Gasteiger partial charge in [-0.1, -0.05) is 13.0 Å². The lowest BCUT2D eigenvalue weighted by Crippen LogP contribution is -2.04. The van der Waals surface area contributed by atoms with E-state index in [0.717, 1.165) is 31.0 Å². The Labute approximate surface area is 118 Å². The van der Waals surface area contributed by atoms with Crippen LogP contribution in [0.15, 0.2) is 30.3 Å². The van der Waals surface area contributed by atoms with E-state index >= 15 is 0 Å². The van der Waals surface area contributed by atoms with Gasteiger partial charge in [0.15, 0.2) is 0 Å². The van der Waals surface area contributed by atoms with E-state index in [4.69, 9.17) is 4.74 Å². The summed E-state index contributed by atoms with van der Waals surface area (Å²) in [7, 11) is 0. The number of ether oxygens (including phenoxy) is 1. The maximum absolute atomic E-state index is 13.1. The van der Waals surface area contributed by atoms with Crippen LogP contribution in [0.4, 0.5) is 10.2 Å². The first-order valence-electron chi connectivity index (χ1n) is 6.76. The van der Waals surface area contributed by atoms with E-state index in [0.29, 0.717) is 11.6 Å². The van der Waals surface area contributed by atoms with Crippen molar-refractivity contribution in [3.05, 3.63) is 42.0 Å². The smallest absolute Gasteiger partial charge is 0.224 e. The first kappa shape index (κ1) is 14.2. The first-order valence-corrected chi connectivity index (χ1v) is 6.76. The number of hydrogen-bond donors (Lipinski definition) is 1. The van der Waals surface area contributed by atoms with E-state index in [1.165, 1.54) is 12.1 Å². The lowest BCUT2D eigenvalue weighted by atomic mass is 10.3. The third kappa shape index (κ3) is 3.91. The number of aromatic nitrogens is 2. The van der Waals surface area contributed by atoms with Gasteiger partial charge in [-0.3, -0.25) is 0 Å². The van der Waals surface area contributed by atoms with Crippen LogP contribution in [-0.2, 0) is 6.42 Å². The van der Waals surface area contributed by atoms with Gasteiger partial charge in [0.2, 0.25) is 5.88 Å². The summed E-state index contributed by atoms with van der Waals surface area (Å²) in [6.07, 6.45) is 1.73. The summed E-state index contributed by atoms with van der Waals surface area (Å²) in [6.45, 7) is 4.83. The average Bonchev–Trinajstić information content (AvgIpc) is 2.39. The minimum absolute atomic E-state index is 0.336. The van der Waals surface area contributed by atoms with E-state index in [9.17, 15) is 4.39 Å². The number of benzene rings is 1. The van der Waals surface area contributed by atoms with Crippen LogP contribution in [0.5, 0.6) is 11.6 Å². The first-order chi connectivity index (χ1) is 9.71. The summed E-state index contributed by atoms with van der Waals surface area (Å²) in [5.74, 6) is 1.95. The fourth-order valence-electron chi connectivity index (χ4n) is 1.78. The molecule has 5 heteroatoms. The van der Waals surface area contributed by atoms with Crippen molar-refractivity contribution < 1.29 is 9.13 Å². The Morgan fingerprint density at radius 3 is 2.75 bits per heavy atom. The second kappa shape index (κ2) is 6.84. The summed E-state index contributed by atoms with van der Waals surface area (Å²) >= 11 is 0. The highest BCUT2D eigenvalue weighted by atomic mass is 19.1. The molecule has 0 amide bonds.